The molecule has 3 aromatic rings. The van der Waals surface area contributed by atoms with Crippen LogP contribution in [0.2, 0.25) is 5.02 Å². The summed E-state index contributed by atoms with van der Waals surface area (Å²) in [6, 6.07) is 9.56. The van der Waals surface area contributed by atoms with Crippen LogP contribution in [0.3, 0.4) is 0 Å². The van der Waals surface area contributed by atoms with E-state index in [1.165, 1.54) is 5.56 Å². The van der Waals surface area contributed by atoms with Gasteiger partial charge in [0.2, 0.25) is 0 Å². The van der Waals surface area contributed by atoms with Gasteiger partial charge in [-0.3, -0.25) is 4.90 Å². The van der Waals surface area contributed by atoms with Crippen LogP contribution in [0, 0.1) is 0 Å². The maximum atomic E-state index is 5.93. The highest BCUT2D eigenvalue weighted by Gasteiger charge is 2.20. The second-order valence-corrected chi connectivity index (χ2v) is 7.19. The quantitative estimate of drug-likeness (QED) is 0.508. The van der Waals surface area contributed by atoms with Crippen molar-refractivity contribution in [2.45, 2.75) is 24.7 Å². The summed E-state index contributed by atoms with van der Waals surface area (Å²) in [6.45, 7) is 2.55. The summed E-state index contributed by atoms with van der Waals surface area (Å²) in [5.74, 6) is 0.761. The fourth-order valence-corrected chi connectivity index (χ4v) is 3.44. The first-order chi connectivity index (χ1) is 12.2. The summed E-state index contributed by atoms with van der Waals surface area (Å²) in [7, 11) is 0. The van der Waals surface area contributed by atoms with E-state index >= 15 is 0 Å². The van der Waals surface area contributed by atoms with Gasteiger partial charge >= 0.3 is 0 Å². The first kappa shape index (κ1) is 16.6. The van der Waals surface area contributed by atoms with E-state index < -0.39 is 0 Å². The van der Waals surface area contributed by atoms with Crippen LogP contribution in [0.5, 0.6) is 0 Å². The van der Waals surface area contributed by atoms with Gasteiger partial charge in [-0.2, -0.15) is 0 Å². The predicted molar refractivity (Wildman–Crippen MR) is 98.6 cm³/mol. The fourth-order valence-electron chi connectivity index (χ4n) is 2.96. The number of halogens is 1. The molecular weight excluding hydrogens is 356 g/mol. The van der Waals surface area contributed by atoms with Crippen LogP contribution in [-0.4, -0.2) is 32.8 Å². The fraction of sp³-hybridized carbons (Fsp3) is 0.278. The molecule has 0 spiro atoms. The van der Waals surface area contributed by atoms with Gasteiger partial charge in [-0.1, -0.05) is 28.5 Å². The van der Waals surface area contributed by atoms with E-state index in [4.69, 9.17) is 16.1 Å². The Morgan fingerprint density at radius 2 is 2.12 bits per heavy atom. The molecule has 3 heterocycles. The molecule has 0 aliphatic carbocycles. The molecule has 4 rings (SSSR count). The van der Waals surface area contributed by atoms with E-state index in [9.17, 15) is 0 Å². The molecule has 1 aliphatic heterocycles. The summed E-state index contributed by atoms with van der Waals surface area (Å²) < 4.78 is 5.48. The van der Waals surface area contributed by atoms with Crippen molar-refractivity contribution in [3.8, 4) is 11.3 Å². The average Bonchev–Trinajstić information content (AvgIpc) is 3.10. The van der Waals surface area contributed by atoms with E-state index in [-0.39, 0.29) is 0 Å². The molecule has 0 bridgehead atoms. The van der Waals surface area contributed by atoms with Gasteiger partial charge in [-0.25, -0.2) is 9.97 Å². The molecule has 0 atom stereocenters. The Morgan fingerprint density at radius 3 is 2.92 bits per heavy atom. The molecule has 1 aliphatic rings. The third kappa shape index (κ3) is 3.71. The lowest BCUT2D eigenvalue weighted by molar-refractivity contribution is 0.234. The lowest BCUT2D eigenvalue weighted by Crippen LogP contribution is -2.31. The summed E-state index contributed by atoms with van der Waals surface area (Å²) >= 11 is 7.51. The molecule has 0 N–H and O–H groups in total. The zero-order valence-corrected chi connectivity index (χ0v) is 15.3. The normalized spacial score (nSPS) is 14.5. The Balaban J connectivity index is 1.45. The third-order valence-corrected chi connectivity index (χ3v) is 5.06. The van der Waals surface area contributed by atoms with Crippen LogP contribution >= 0.6 is 23.4 Å². The highest BCUT2D eigenvalue weighted by molar-refractivity contribution is 7.98. The number of thioether (sulfide) groups is 1. The third-order valence-electron chi connectivity index (χ3n) is 4.25. The van der Waals surface area contributed by atoms with Crippen LogP contribution < -0.4 is 0 Å². The second-order valence-electron chi connectivity index (χ2n) is 5.98. The Labute approximate surface area is 155 Å². The zero-order chi connectivity index (χ0) is 17.2. The zero-order valence-electron chi connectivity index (χ0n) is 13.8. The van der Waals surface area contributed by atoms with Crippen LogP contribution in [0.1, 0.15) is 17.0 Å². The standard InChI is InChI=1S/C18H17ClN4OS/c1-25-18-20-9-13-10-23(7-6-16(13)21-18)11-15-8-17(24-22-15)12-2-4-14(19)5-3-12/h2-5,8-9H,6-7,10-11H2,1H3. The van der Waals surface area contributed by atoms with Gasteiger partial charge in [0.05, 0.1) is 11.4 Å². The predicted octanol–water partition coefficient (Wildman–Crippen LogP) is 4.07. The summed E-state index contributed by atoms with van der Waals surface area (Å²) in [5, 5.41) is 5.76. The molecular formula is C18H17ClN4OS. The molecule has 2 aromatic heterocycles. The molecule has 0 saturated carbocycles. The lowest BCUT2D eigenvalue weighted by Gasteiger charge is -2.27. The van der Waals surface area contributed by atoms with Gasteiger partial charge in [0.1, 0.15) is 0 Å². The number of hydrogen-bond donors (Lipinski definition) is 0. The highest BCUT2D eigenvalue weighted by Crippen LogP contribution is 2.24. The summed E-state index contributed by atoms with van der Waals surface area (Å²) in [5.41, 5.74) is 4.27. The molecule has 0 fully saturated rings. The van der Waals surface area contributed by atoms with Crippen LogP contribution in [0.15, 0.2) is 46.2 Å². The van der Waals surface area contributed by atoms with Crippen molar-refractivity contribution >= 4 is 23.4 Å². The Kier molecular flexibility index (Phi) is 4.74. The molecule has 0 amide bonds. The monoisotopic (exact) mass is 372 g/mol. The van der Waals surface area contributed by atoms with Crippen LogP contribution in [-0.2, 0) is 19.5 Å². The number of hydrogen-bond acceptors (Lipinski definition) is 6. The Hall–Kier alpha value is -1.89. The molecule has 0 unspecified atom stereocenters. The highest BCUT2D eigenvalue weighted by atomic mass is 35.5. The van der Waals surface area contributed by atoms with Gasteiger partial charge in [0.25, 0.3) is 0 Å². The van der Waals surface area contributed by atoms with Gasteiger partial charge < -0.3 is 4.52 Å². The molecule has 0 radical (unpaired) electrons. The van der Waals surface area contributed by atoms with Crippen molar-refractivity contribution in [3.05, 3.63) is 58.5 Å². The van der Waals surface area contributed by atoms with Crippen molar-refractivity contribution in [1.29, 1.82) is 0 Å². The van der Waals surface area contributed by atoms with Crippen molar-refractivity contribution < 1.29 is 4.52 Å². The van der Waals surface area contributed by atoms with Gasteiger partial charge in [-0.15, -0.1) is 0 Å². The van der Waals surface area contributed by atoms with Crippen molar-refractivity contribution in [3.63, 3.8) is 0 Å². The first-order valence-corrected chi connectivity index (χ1v) is 9.64. The minimum Gasteiger partial charge on any atom is -0.356 e. The molecule has 128 valence electrons. The minimum absolute atomic E-state index is 0.710. The van der Waals surface area contributed by atoms with E-state index in [0.29, 0.717) is 5.02 Å². The number of benzene rings is 1. The number of aromatic nitrogens is 3. The van der Waals surface area contributed by atoms with Crippen LogP contribution in [0.4, 0.5) is 0 Å². The largest absolute Gasteiger partial charge is 0.356 e. The van der Waals surface area contributed by atoms with Gasteiger partial charge in [-0.05, 0) is 30.5 Å². The molecule has 5 nitrogen and oxygen atoms in total. The van der Waals surface area contributed by atoms with E-state index in [1.807, 2.05) is 42.8 Å². The molecule has 0 saturated heterocycles. The SMILES string of the molecule is CSc1ncc2c(n1)CCN(Cc1cc(-c3ccc(Cl)cc3)on1)C2. The Bertz CT molecular complexity index is 881. The first-order valence-electron chi connectivity index (χ1n) is 8.04. The van der Waals surface area contributed by atoms with Gasteiger partial charge in [0.15, 0.2) is 10.9 Å². The number of fused-ring (bicyclic) bond motifs is 1. The van der Waals surface area contributed by atoms with Crippen molar-refractivity contribution in [2.75, 3.05) is 12.8 Å². The van der Waals surface area contributed by atoms with E-state index in [1.54, 1.807) is 11.8 Å². The maximum Gasteiger partial charge on any atom is 0.187 e. The molecule has 7 heteroatoms. The summed E-state index contributed by atoms with van der Waals surface area (Å²) in [6.07, 6.45) is 4.88. The van der Waals surface area contributed by atoms with E-state index in [2.05, 4.69) is 20.0 Å². The van der Waals surface area contributed by atoms with Crippen LogP contribution in [0.25, 0.3) is 11.3 Å². The average molecular weight is 373 g/mol. The summed E-state index contributed by atoms with van der Waals surface area (Å²) in [4.78, 5) is 11.3. The number of rotatable bonds is 4. The van der Waals surface area contributed by atoms with E-state index in [0.717, 1.165) is 53.9 Å². The van der Waals surface area contributed by atoms with Crippen molar-refractivity contribution in [1.82, 2.24) is 20.0 Å². The minimum atomic E-state index is 0.710. The second kappa shape index (κ2) is 7.15. The number of nitrogens with zero attached hydrogens (tertiary/aromatic N) is 4. The molecule has 25 heavy (non-hydrogen) atoms. The Morgan fingerprint density at radius 1 is 1.28 bits per heavy atom. The smallest absolute Gasteiger partial charge is 0.187 e. The lowest BCUT2D eigenvalue weighted by atomic mass is 10.1. The maximum absolute atomic E-state index is 5.93. The van der Waals surface area contributed by atoms with Gasteiger partial charge in [0, 0.05) is 54.5 Å². The van der Waals surface area contributed by atoms with Crippen molar-refractivity contribution in [2.24, 2.45) is 0 Å². The topological polar surface area (TPSA) is 55.1 Å². The molecule has 1 aromatic carbocycles.